The van der Waals surface area contributed by atoms with Gasteiger partial charge in [-0.1, -0.05) is 12.1 Å². The van der Waals surface area contributed by atoms with Crippen LogP contribution in [-0.4, -0.2) is 43.8 Å². The molecule has 2 heterocycles. The van der Waals surface area contributed by atoms with Crippen LogP contribution in [0.2, 0.25) is 0 Å². The van der Waals surface area contributed by atoms with Crippen molar-refractivity contribution in [2.45, 2.75) is 0 Å². The Labute approximate surface area is 143 Å². The summed E-state index contributed by atoms with van der Waals surface area (Å²) in [6, 6.07) is 9.25. The van der Waals surface area contributed by atoms with Crippen LogP contribution in [0.4, 0.5) is 0 Å². The molecule has 2 aromatic rings. The molecule has 0 fully saturated rings. The van der Waals surface area contributed by atoms with Crippen LogP contribution in [0.5, 0.6) is 0 Å². The number of aromatic carboxylic acids is 2. The molecule has 0 aliphatic rings. The number of aromatic nitrogens is 2. The van der Waals surface area contributed by atoms with Crippen LogP contribution < -0.4 is 10.2 Å². The Morgan fingerprint density at radius 1 is 0.696 bits per heavy atom. The van der Waals surface area contributed by atoms with Crippen LogP contribution in [0.25, 0.3) is 0 Å². The molecule has 0 aromatic carbocycles. The van der Waals surface area contributed by atoms with Crippen molar-refractivity contribution in [2.75, 3.05) is 0 Å². The fraction of sp³-hybridized carbons (Fsp3) is 0. The number of carbonyl (C=O) groups is 2. The first kappa shape index (κ1) is 32.6. The first-order valence-corrected chi connectivity index (χ1v) is 4.86. The quantitative estimate of drug-likeness (QED) is 0.465. The minimum Gasteiger partial charge on any atom is -0.543 e. The van der Waals surface area contributed by atoms with Gasteiger partial charge in [0.25, 0.3) is 0 Å². The third-order valence-corrected chi connectivity index (χ3v) is 1.75. The minimum absolute atomic E-state index is 0. The monoisotopic (exact) mass is 380 g/mol. The number of nitrogens with zero attached hydrogens (tertiary/aromatic N) is 2. The fourth-order valence-electron chi connectivity index (χ4n) is 0.967. The van der Waals surface area contributed by atoms with Crippen molar-refractivity contribution in [3.63, 3.8) is 0 Å². The topological polar surface area (TPSA) is 232 Å². The summed E-state index contributed by atoms with van der Waals surface area (Å²) in [5.74, 6) is -2.48. The summed E-state index contributed by atoms with van der Waals surface area (Å²) in [4.78, 5) is 27.1. The summed E-state index contributed by atoms with van der Waals surface area (Å²) >= 11 is 0. The molecular formula is C12H16N2O8Zn. The van der Waals surface area contributed by atoms with Crippen LogP contribution in [0.15, 0.2) is 48.8 Å². The normalized spacial score (nSPS) is 6.96. The summed E-state index contributed by atoms with van der Waals surface area (Å²) in [7, 11) is 0. The van der Waals surface area contributed by atoms with Gasteiger partial charge in [0, 0.05) is 12.4 Å². The largest absolute Gasteiger partial charge is 2.00 e. The van der Waals surface area contributed by atoms with Crippen molar-refractivity contribution >= 4 is 11.9 Å². The number of hydrogen-bond acceptors (Lipinski definition) is 6. The van der Waals surface area contributed by atoms with Crippen LogP contribution in [0, 0.1) is 0 Å². The smallest absolute Gasteiger partial charge is 0.543 e. The molecule has 0 aliphatic heterocycles. The van der Waals surface area contributed by atoms with Gasteiger partial charge in [-0.25, -0.2) is 0 Å². The van der Waals surface area contributed by atoms with E-state index in [0.717, 1.165) is 0 Å². The molecule has 11 heteroatoms. The summed E-state index contributed by atoms with van der Waals surface area (Å²) in [5.41, 5.74) is -0.0602. The standard InChI is InChI=1S/2C6H5NO2.4H2O.Zn/c2*8-6(9)5-3-1-2-4-7-5;;;;;/h2*1-4H,(H,8,9);4*1H2;/q;;;;;;+2/p-2. The zero-order valence-corrected chi connectivity index (χ0v) is 14.8. The van der Waals surface area contributed by atoms with Crippen molar-refractivity contribution in [1.29, 1.82) is 0 Å². The Morgan fingerprint density at radius 2 is 1.00 bits per heavy atom. The SMILES string of the molecule is O.O.O.O.O=C([O-])c1ccccn1.O=C([O-])c1ccccn1.[Zn+2]. The van der Waals surface area contributed by atoms with Crippen molar-refractivity contribution in [1.82, 2.24) is 9.97 Å². The van der Waals surface area contributed by atoms with E-state index in [9.17, 15) is 19.8 Å². The molecule has 2 rings (SSSR count). The zero-order valence-electron chi connectivity index (χ0n) is 11.9. The van der Waals surface area contributed by atoms with Gasteiger partial charge >= 0.3 is 19.5 Å². The van der Waals surface area contributed by atoms with Gasteiger partial charge in [-0.15, -0.1) is 0 Å². The molecule has 0 saturated heterocycles. The first-order valence-electron chi connectivity index (χ1n) is 4.86. The Bertz CT molecular complexity index is 478. The predicted molar refractivity (Wildman–Crippen MR) is 71.6 cm³/mol. The number of rotatable bonds is 2. The van der Waals surface area contributed by atoms with E-state index >= 15 is 0 Å². The Balaban J connectivity index is -0.0000000771. The third-order valence-electron chi connectivity index (χ3n) is 1.75. The molecule has 124 valence electrons. The number of carboxylic acids is 2. The molecule has 0 atom stereocenters. The number of pyridine rings is 2. The molecule has 10 nitrogen and oxygen atoms in total. The van der Waals surface area contributed by atoms with E-state index in [0.29, 0.717) is 0 Å². The summed E-state index contributed by atoms with van der Waals surface area (Å²) < 4.78 is 0. The predicted octanol–water partition coefficient (Wildman–Crippen LogP) is -4.41. The zero-order chi connectivity index (χ0) is 13.4. The van der Waals surface area contributed by atoms with E-state index in [-0.39, 0.29) is 52.8 Å². The summed E-state index contributed by atoms with van der Waals surface area (Å²) in [6.45, 7) is 0. The average molecular weight is 382 g/mol. The molecule has 0 saturated carbocycles. The van der Waals surface area contributed by atoms with E-state index in [2.05, 4.69) is 9.97 Å². The molecule has 0 bridgehead atoms. The minimum atomic E-state index is -1.24. The Kier molecular flexibility index (Phi) is 25.2. The fourth-order valence-corrected chi connectivity index (χ4v) is 0.967. The second-order valence-corrected chi connectivity index (χ2v) is 3.00. The molecule has 23 heavy (non-hydrogen) atoms. The maximum Gasteiger partial charge on any atom is 2.00 e. The average Bonchev–Trinajstić information content (AvgIpc) is 2.41. The van der Waals surface area contributed by atoms with Crippen LogP contribution >= 0.6 is 0 Å². The van der Waals surface area contributed by atoms with Gasteiger partial charge in [-0.2, -0.15) is 0 Å². The number of carbonyl (C=O) groups excluding carboxylic acids is 2. The van der Waals surface area contributed by atoms with Gasteiger partial charge in [0.05, 0.1) is 23.3 Å². The van der Waals surface area contributed by atoms with Gasteiger partial charge < -0.3 is 41.7 Å². The molecule has 8 N–H and O–H groups in total. The maximum atomic E-state index is 10.0. The number of hydrogen-bond donors (Lipinski definition) is 0. The molecular weight excluding hydrogens is 366 g/mol. The van der Waals surface area contributed by atoms with Crippen LogP contribution in [0.1, 0.15) is 21.0 Å². The van der Waals surface area contributed by atoms with Gasteiger partial charge in [0.15, 0.2) is 0 Å². The Morgan fingerprint density at radius 3 is 1.13 bits per heavy atom. The number of carboxylic acid groups (broad SMARTS) is 2. The van der Waals surface area contributed by atoms with Crippen LogP contribution in [-0.2, 0) is 19.5 Å². The van der Waals surface area contributed by atoms with E-state index in [1.54, 1.807) is 24.3 Å². The summed E-state index contributed by atoms with van der Waals surface area (Å²) in [6.07, 6.45) is 2.82. The van der Waals surface area contributed by atoms with Crippen molar-refractivity contribution in [3.8, 4) is 0 Å². The van der Waals surface area contributed by atoms with Crippen molar-refractivity contribution in [2.24, 2.45) is 0 Å². The van der Waals surface area contributed by atoms with Crippen molar-refractivity contribution in [3.05, 3.63) is 60.2 Å². The third kappa shape index (κ3) is 13.1. The second kappa shape index (κ2) is 17.8. The molecule has 0 spiro atoms. The second-order valence-electron chi connectivity index (χ2n) is 3.00. The molecule has 2 aromatic heterocycles. The van der Waals surface area contributed by atoms with E-state index < -0.39 is 11.9 Å². The molecule has 0 amide bonds. The van der Waals surface area contributed by atoms with Gasteiger partial charge in [0.2, 0.25) is 0 Å². The van der Waals surface area contributed by atoms with Gasteiger partial charge in [0.1, 0.15) is 0 Å². The van der Waals surface area contributed by atoms with E-state index in [1.165, 1.54) is 24.5 Å². The maximum absolute atomic E-state index is 10.0. The molecule has 0 aliphatic carbocycles. The summed E-state index contributed by atoms with van der Waals surface area (Å²) in [5, 5.41) is 20.1. The Hall–Kier alpha value is -2.30. The van der Waals surface area contributed by atoms with Gasteiger partial charge in [-0.3, -0.25) is 9.97 Å². The van der Waals surface area contributed by atoms with E-state index in [1.807, 2.05) is 0 Å². The molecule has 0 unspecified atom stereocenters. The first-order chi connectivity index (χ1) is 8.61. The van der Waals surface area contributed by atoms with Crippen LogP contribution in [0.3, 0.4) is 0 Å². The van der Waals surface area contributed by atoms with Gasteiger partial charge in [-0.05, 0) is 24.3 Å². The van der Waals surface area contributed by atoms with E-state index in [4.69, 9.17) is 0 Å². The molecule has 0 radical (unpaired) electrons. The van der Waals surface area contributed by atoms with Crippen molar-refractivity contribution < 1.29 is 61.2 Å².